The quantitative estimate of drug-likeness (QED) is 0.672. The van der Waals surface area contributed by atoms with Gasteiger partial charge in [-0.3, -0.25) is 4.79 Å². The number of aryl methyl sites for hydroxylation is 1. The molecule has 3 rings (SSSR count). The van der Waals surface area contributed by atoms with E-state index in [1.165, 1.54) is 5.56 Å². The Kier molecular flexibility index (Phi) is 5.97. The van der Waals surface area contributed by atoms with Crippen molar-refractivity contribution >= 4 is 16.7 Å². The highest BCUT2D eigenvalue weighted by Crippen LogP contribution is 2.26. The Bertz CT molecular complexity index is 900. The molecular weight excluding hydrogens is 338 g/mol. The molecule has 3 aromatic carbocycles. The largest absolute Gasteiger partial charge is 0.491 e. The zero-order chi connectivity index (χ0) is 19.2. The summed E-state index contributed by atoms with van der Waals surface area (Å²) in [6.07, 6.45) is -0.599. The van der Waals surface area contributed by atoms with E-state index in [4.69, 9.17) is 9.47 Å². The van der Waals surface area contributed by atoms with Crippen molar-refractivity contribution in [1.29, 1.82) is 0 Å². The van der Waals surface area contributed by atoms with Gasteiger partial charge >= 0.3 is 0 Å². The van der Waals surface area contributed by atoms with E-state index in [1.807, 2.05) is 80.6 Å². The van der Waals surface area contributed by atoms with Gasteiger partial charge in [-0.1, -0.05) is 54.1 Å². The number of carbonyl (C=O) groups excluding carboxylic acids is 1. The van der Waals surface area contributed by atoms with Crippen molar-refractivity contribution in [3.05, 3.63) is 72.3 Å². The van der Waals surface area contributed by atoms with Gasteiger partial charge in [-0.15, -0.1) is 0 Å². The van der Waals surface area contributed by atoms with Crippen molar-refractivity contribution in [1.82, 2.24) is 5.32 Å². The molecule has 0 unspecified atom stereocenters. The van der Waals surface area contributed by atoms with Gasteiger partial charge in [0.25, 0.3) is 5.91 Å². The third kappa shape index (κ3) is 5.00. The molecule has 140 valence electrons. The summed E-state index contributed by atoms with van der Waals surface area (Å²) in [5, 5.41) is 5.02. The second kappa shape index (κ2) is 8.58. The first-order valence-corrected chi connectivity index (χ1v) is 9.17. The van der Waals surface area contributed by atoms with Gasteiger partial charge in [0, 0.05) is 5.39 Å². The molecule has 0 saturated heterocycles. The minimum absolute atomic E-state index is 0.127. The minimum atomic E-state index is -0.599. The molecule has 0 heterocycles. The SMILES string of the molecule is Cc1ccc(OC[C@H](C)NC(=O)[C@@H](C)Oc2cccc3ccccc23)cc1. The Labute approximate surface area is 160 Å². The molecular formula is C23H25NO3. The lowest BCUT2D eigenvalue weighted by atomic mass is 10.1. The number of carbonyl (C=O) groups is 1. The minimum Gasteiger partial charge on any atom is -0.491 e. The van der Waals surface area contributed by atoms with Crippen LogP contribution in [0, 0.1) is 6.92 Å². The molecule has 27 heavy (non-hydrogen) atoms. The maximum absolute atomic E-state index is 12.5. The first-order valence-electron chi connectivity index (χ1n) is 9.17. The molecule has 1 N–H and O–H groups in total. The molecule has 0 saturated carbocycles. The topological polar surface area (TPSA) is 47.6 Å². The third-order valence-electron chi connectivity index (χ3n) is 4.33. The zero-order valence-electron chi connectivity index (χ0n) is 15.9. The molecule has 4 heteroatoms. The van der Waals surface area contributed by atoms with E-state index in [1.54, 1.807) is 6.92 Å². The summed E-state index contributed by atoms with van der Waals surface area (Å²) in [6, 6.07) is 21.5. The zero-order valence-corrected chi connectivity index (χ0v) is 15.9. The molecule has 3 aromatic rings. The molecule has 0 spiro atoms. The number of fused-ring (bicyclic) bond motifs is 1. The lowest BCUT2D eigenvalue weighted by Crippen LogP contribution is -2.43. The van der Waals surface area contributed by atoms with Gasteiger partial charge in [-0.25, -0.2) is 0 Å². The third-order valence-corrected chi connectivity index (χ3v) is 4.33. The standard InChI is InChI=1S/C23H25NO3/c1-16-11-13-20(14-12-16)26-15-17(2)24-23(25)18(3)27-22-10-6-8-19-7-4-5-9-21(19)22/h4-14,17-18H,15H2,1-3H3,(H,24,25)/t17-,18+/m0/s1. The Morgan fingerprint density at radius 3 is 2.44 bits per heavy atom. The van der Waals surface area contributed by atoms with Crippen LogP contribution in [0.3, 0.4) is 0 Å². The van der Waals surface area contributed by atoms with E-state index in [2.05, 4.69) is 5.32 Å². The fourth-order valence-corrected chi connectivity index (χ4v) is 2.80. The second-order valence-corrected chi connectivity index (χ2v) is 6.77. The molecule has 0 aromatic heterocycles. The fraction of sp³-hybridized carbons (Fsp3) is 0.261. The van der Waals surface area contributed by atoms with Crippen LogP contribution in [0.4, 0.5) is 0 Å². The number of benzene rings is 3. The Balaban J connectivity index is 1.54. The van der Waals surface area contributed by atoms with Crippen LogP contribution in [0.15, 0.2) is 66.7 Å². The van der Waals surface area contributed by atoms with Crippen LogP contribution in [-0.4, -0.2) is 24.7 Å². The highest BCUT2D eigenvalue weighted by molar-refractivity contribution is 5.89. The van der Waals surface area contributed by atoms with Crippen LogP contribution in [0.1, 0.15) is 19.4 Å². The van der Waals surface area contributed by atoms with Crippen LogP contribution in [0.25, 0.3) is 10.8 Å². The summed E-state index contributed by atoms with van der Waals surface area (Å²) >= 11 is 0. The second-order valence-electron chi connectivity index (χ2n) is 6.77. The normalized spacial score (nSPS) is 13.0. The number of amides is 1. The average Bonchev–Trinajstić information content (AvgIpc) is 2.68. The van der Waals surface area contributed by atoms with E-state index < -0.39 is 6.10 Å². The van der Waals surface area contributed by atoms with Crippen LogP contribution < -0.4 is 14.8 Å². The summed E-state index contributed by atoms with van der Waals surface area (Å²) in [5.74, 6) is 1.34. The number of hydrogen-bond donors (Lipinski definition) is 1. The summed E-state index contributed by atoms with van der Waals surface area (Å²) in [5.41, 5.74) is 1.18. The number of ether oxygens (including phenoxy) is 2. The molecule has 4 nitrogen and oxygen atoms in total. The first kappa shape index (κ1) is 18.8. The Morgan fingerprint density at radius 1 is 0.963 bits per heavy atom. The van der Waals surface area contributed by atoms with Gasteiger partial charge in [0.1, 0.15) is 18.1 Å². The van der Waals surface area contributed by atoms with E-state index in [-0.39, 0.29) is 11.9 Å². The van der Waals surface area contributed by atoms with Crippen LogP contribution in [0.5, 0.6) is 11.5 Å². The van der Waals surface area contributed by atoms with Gasteiger partial charge in [-0.05, 0) is 44.4 Å². The molecule has 0 fully saturated rings. The van der Waals surface area contributed by atoms with E-state index >= 15 is 0 Å². The lowest BCUT2D eigenvalue weighted by Gasteiger charge is -2.20. The molecule has 0 aliphatic heterocycles. The van der Waals surface area contributed by atoms with Gasteiger partial charge in [0.05, 0.1) is 6.04 Å². The maximum atomic E-state index is 12.5. The Hall–Kier alpha value is -3.01. The molecule has 0 aliphatic carbocycles. The van der Waals surface area contributed by atoms with Gasteiger partial charge < -0.3 is 14.8 Å². The van der Waals surface area contributed by atoms with E-state index in [0.717, 1.165) is 16.5 Å². The number of nitrogens with one attached hydrogen (secondary N) is 1. The predicted octanol–water partition coefficient (Wildman–Crippen LogP) is 4.50. The highest BCUT2D eigenvalue weighted by atomic mass is 16.5. The average molecular weight is 363 g/mol. The van der Waals surface area contributed by atoms with Crippen LogP contribution >= 0.6 is 0 Å². The first-order chi connectivity index (χ1) is 13.0. The number of rotatable bonds is 7. The van der Waals surface area contributed by atoms with Gasteiger partial charge in [-0.2, -0.15) is 0 Å². The molecule has 1 amide bonds. The van der Waals surface area contributed by atoms with Crippen molar-refractivity contribution in [2.24, 2.45) is 0 Å². The lowest BCUT2D eigenvalue weighted by molar-refractivity contribution is -0.128. The molecule has 0 aliphatic rings. The maximum Gasteiger partial charge on any atom is 0.261 e. The smallest absolute Gasteiger partial charge is 0.261 e. The summed E-state index contributed by atoms with van der Waals surface area (Å²) in [4.78, 5) is 12.5. The van der Waals surface area contributed by atoms with Crippen molar-refractivity contribution in [3.63, 3.8) is 0 Å². The van der Waals surface area contributed by atoms with Crippen molar-refractivity contribution in [2.75, 3.05) is 6.61 Å². The van der Waals surface area contributed by atoms with Crippen LogP contribution in [0.2, 0.25) is 0 Å². The summed E-state index contributed by atoms with van der Waals surface area (Å²) in [6.45, 7) is 6.10. The van der Waals surface area contributed by atoms with E-state index in [0.29, 0.717) is 12.4 Å². The molecule has 2 atom stereocenters. The molecule has 0 radical (unpaired) electrons. The van der Waals surface area contributed by atoms with Gasteiger partial charge in [0.2, 0.25) is 0 Å². The van der Waals surface area contributed by atoms with Crippen LogP contribution in [-0.2, 0) is 4.79 Å². The van der Waals surface area contributed by atoms with Gasteiger partial charge in [0.15, 0.2) is 6.10 Å². The Morgan fingerprint density at radius 2 is 1.67 bits per heavy atom. The van der Waals surface area contributed by atoms with Crippen molar-refractivity contribution in [2.45, 2.75) is 32.9 Å². The summed E-state index contributed by atoms with van der Waals surface area (Å²) < 4.78 is 11.6. The van der Waals surface area contributed by atoms with E-state index in [9.17, 15) is 4.79 Å². The van der Waals surface area contributed by atoms with Crippen molar-refractivity contribution < 1.29 is 14.3 Å². The predicted molar refractivity (Wildman–Crippen MR) is 108 cm³/mol. The van der Waals surface area contributed by atoms with Crippen molar-refractivity contribution in [3.8, 4) is 11.5 Å². The molecule has 0 bridgehead atoms. The number of hydrogen-bond acceptors (Lipinski definition) is 3. The monoisotopic (exact) mass is 363 g/mol. The highest BCUT2D eigenvalue weighted by Gasteiger charge is 2.18. The summed E-state index contributed by atoms with van der Waals surface area (Å²) in [7, 11) is 0. The fourth-order valence-electron chi connectivity index (χ4n) is 2.80.